The van der Waals surface area contributed by atoms with Crippen molar-refractivity contribution in [3.8, 4) is 11.5 Å². The van der Waals surface area contributed by atoms with E-state index in [4.69, 9.17) is 9.47 Å². The minimum atomic E-state index is -0.251. The highest BCUT2D eigenvalue weighted by molar-refractivity contribution is 5.23. The quantitative estimate of drug-likeness (QED) is 0.700. The smallest absolute Gasteiger partial charge is 0.358 e. The first kappa shape index (κ1) is 18.1. The lowest BCUT2D eigenvalue weighted by molar-refractivity contribution is -0.597. The Bertz CT molecular complexity index is 594. The highest BCUT2D eigenvalue weighted by Gasteiger charge is 2.20. The van der Waals surface area contributed by atoms with Crippen LogP contribution in [0, 0.1) is 7.14 Å². The molecule has 0 saturated heterocycles. The van der Waals surface area contributed by atoms with Crippen molar-refractivity contribution >= 4 is 0 Å². The number of hydrogen-bond acceptors (Lipinski definition) is 2. The van der Waals surface area contributed by atoms with Crippen molar-refractivity contribution in [2.24, 2.45) is 0 Å². The number of hydrogen-bond donors (Lipinski definition) is 0. The van der Waals surface area contributed by atoms with Gasteiger partial charge in [0.1, 0.15) is 22.7 Å². The van der Waals surface area contributed by atoms with Gasteiger partial charge in [-0.25, -0.2) is 0 Å². The summed E-state index contributed by atoms with van der Waals surface area (Å²) in [5.74, 6) is 1.88. The molecule has 2 nitrogen and oxygen atoms in total. The molecule has 3 heteroatoms. The van der Waals surface area contributed by atoms with Gasteiger partial charge in [-0.1, -0.05) is 12.1 Å². The van der Waals surface area contributed by atoms with E-state index >= 15 is 0 Å². The molecule has 124 valence electrons. The molecular weight excluding hydrogens is 399 g/mol. The summed E-state index contributed by atoms with van der Waals surface area (Å²) in [7, 11) is 0. The fourth-order valence-corrected chi connectivity index (χ4v) is 4.43. The second kappa shape index (κ2) is 7.12. The number of ether oxygens (including phenoxy) is 2. The zero-order valence-electron chi connectivity index (χ0n) is 14.8. The summed E-state index contributed by atoms with van der Waals surface area (Å²) in [5.41, 5.74) is -0.338. The molecule has 0 aliphatic rings. The molecule has 0 aliphatic carbocycles. The molecule has 0 fully saturated rings. The number of halogens is 1. The highest BCUT2D eigenvalue weighted by atomic mass is 127. The lowest BCUT2D eigenvalue weighted by Crippen LogP contribution is -3.61. The lowest BCUT2D eigenvalue weighted by Gasteiger charge is -2.21. The molecule has 0 radical (unpaired) electrons. The molecule has 0 aliphatic heterocycles. The summed E-state index contributed by atoms with van der Waals surface area (Å²) in [4.78, 5) is 0. The van der Waals surface area contributed by atoms with E-state index in [1.165, 1.54) is 7.14 Å². The van der Waals surface area contributed by atoms with Gasteiger partial charge in [0.2, 0.25) is 0 Å². The molecule has 0 heterocycles. The summed E-state index contributed by atoms with van der Waals surface area (Å²) in [6, 6.07) is 16.9. The highest BCUT2D eigenvalue weighted by Crippen LogP contribution is 2.18. The van der Waals surface area contributed by atoms with Gasteiger partial charge in [0.15, 0.2) is 7.14 Å². The van der Waals surface area contributed by atoms with E-state index in [1.54, 1.807) is 0 Å². The molecule has 0 N–H and O–H groups in total. The topological polar surface area (TPSA) is 18.5 Å². The molecule has 2 aromatic carbocycles. The van der Waals surface area contributed by atoms with Crippen LogP contribution in [0.2, 0.25) is 0 Å². The Hall–Kier alpha value is -1.23. The van der Waals surface area contributed by atoms with Crippen LogP contribution in [0.5, 0.6) is 11.5 Å². The summed E-state index contributed by atoms with van der Waals surface area (Å²) < 4.78 is 14.6. The molecule has 2 aromatic rings. The van der Waals surface area contributed by atoms with Crippen LogP contribution in [-0.4, -0.2) is 11.2 Å². The van der Waals surface area contributed by atoms with E-state index in [2.05, 4.69) is 77.9 Å². The van der Waals surface area contributed by atoms with E-state index in [-0.39, 0.29) is 32.4 Å². The standard InChI is InChI=1S/C20H26IO2/c1-19(2,3)22-17-11-7-9-15(13-17)21-16-10-8-12-18(14-16)23-20(4,5)6/h7-14H,1-6H3/q+1. The van der Waals surface area contributed by atoms with Crippen LogP contribution >= 0.6 is 0 Å². The van der Waals surface area contributed by atoms with Crippen molar-refractivity contribution < 1.29 is 30.7 Å². The Balaban J connectivity index is 2.13. The van der Waals surface area contributed by atoms with Crippen molar-refractivity contribution in [3.63, 3.8) is 0 Å². The van der Waals surface area contributed by atoms with Crippen molar-refractivity contribution in [3.05, 3.63) is 55.7 Å². The fourth-order valence-electron chi connectivity index (χ4n) is 2.01. The summed E-state index contributed by atoms with van der Waals surface area (Å²) >= 11 is -0.251. The normalized spacial score (nSPS) is 12.1. The monoisotopic (exact) mass is 425 g/mol. The first-order valence-corrected chi connectivity index (χ1v) is 9.99. The molecule has 0 saturated carbocycles. The summed E-state index contributed by atoms with van der Waals surface area (Å²) in [5, 5.41) is 0. The van der Waals surface area contributed by atoms with Gasteiger partial charge in [-0.05, 0) is 65.8 Å². The third-order valence-electron chi connectivity index (χ3n) is 2.66. The molecule has 0 aromatic heterocycles. The van der Waals surface area contributed by atoms with Gasteiger partial charge in [0.25, 0.3) is 0 Å². The lowest BCUT2D eigenvalue weighted by atomic mass is 10.2. The van der Waals surface area contributed by atoms with Gasteiger partial charge >= 0.3 is 21.2 Å². The van der Waals surface area contributed by atoms with Crippen molar-refractivity contribution in [2.75, 3.05) is 0 Å². The summed E-state index contributed by atoms with van der Waals surface area (Å²) in [6.07, 6.45) is 0. The van der Waals surface area contributed by atoms with Crippen molar-refractivity contribution in [1.82, 2.24) is 0 Å². The maximum atomic E-state index is 5.96. The van der Waals surface area contributed by atoms with E-state index in [1.807, 2.05) is 12.1 Å². The van der Waals surface area contributed by atoms with E-state index in [0.29, 0.717) is 0 Å². The van der Waals surface area contributed by atoms with Gasteiger partial charge < -0.3 is 9.47 Å². The van der Waals surface area contributed by atoms with Crippen LogP contribution in [0.25, 0.3) is 0 Å². The third-order valence-corrected chi connectivity index (χ3v) is 5.25. The Morgan fingerprint density at radius 3 is 1.39 bits per heavy atom. The van der Waals surface area contributed by atoms with Gasteiger partial charge in [-0.15, -0.1) is 0 Å². The predicted molar refractivity (Wildman–Crippen MR) is 91.0 cm³/mol. The van der Waals surface area contributed by atoms with Crippen molar-refractivity contribution in [2.45, 2.75) is 52.7 Å². The van der Waals surface area contributed by atoms with Crippen LogP contribution in [0.4, 0.5) is 0 Å². The van der Waals surface area contributed by atoms with Crippen LogP contribution in [-0.2, 0) is 0 Å². The van der Waals surface area contributed by atoms with Crippen molar-refractivity contribution in [1.29, 1.82) is 0 Å². The second-order valence-corrected chi connectivity index (χ2v) is 10.5. The average Bonchev–Trinajstić information content (AvgIpc) is 2.35. The van der Waals surface area contributed by atoms with Crippen LogP contribution < -0.4 is 30.7 Å². The fraction of sp³-hybridized carbons (Fsp3) is 0.400. The first-order valence-electron chi connectivity index (χ1n) is 7.84. The SMILES string of the molecule is CC(C)(C)Oc1cccc([I+]c2cccc(OC(C)(C)C)c2)c1. The molecule has 23 heavy (non-hydrogen) atoms. The number of rotatable bonds is 4. The summed E-state index contributed by atoms with van der Waals surface area (Å²) in [6.45, 7) is 12.4. The average molecular weight is 425 g/mol. The molecule has 0 bridgehead atoms. The van der Waals surface area contributed by atoms with Gasteiger partial charge in [-0.2, -0.15) is 0 Å². The maximum Gasteiger partial charge on any atom is 0.358 e. The van der Waals surface area contributed by atoms with Crippen LogP contribution in [0.3, 0.4) is 0 Å². The zero-order chi connectivity index (χ0) is 17.1. The molecule has 0 unspecified atom stereocenters. The zero-order valence-corrected chi connectivity index (χ0v) is 17.0. The van der Waals surface area contributed by atoms with E-state index < -0.39 is 0 Å². The Morgan fingerprint density at radius 2 is 1.04 bits per heavy atom. The Labute approximate surface area is 150 Å². The van der Waals surface area contributed by atoms with Crippen LogP contribution in [0.15, 0.2) is 48.5 Å². The first-order chi connectivity index (χ1) is 10.6. The maximum absolute atomic E-state index is 5.96. The minimum Gasteiger partial charge on any atom is -0.488 e. The Kier molecular flexibility index (Phi) is 5.61. The van der Waals surface area contributed by atoms with Gasteiger partial charge in [0.05, 0.1) is 0 Å². The molecule has 0 spiro atoms. The molecule has 2 rings (SSSR count). The predicted octanol–water partition coefficient (Wildman–Crippen LogP) is 2.17. The number of benzene rings is 2. The van der Waals surface area contributed by atoms with E-state index in [9.17, 15) is 0 Å². The van der Waals surface area contributed by atoms with Gasteiger partial charge in [-0.3, -0.25) is 0 Å². The molecule has 0 amide bonds. The van der Waals surface area contributed by atoms with E-state index in [0.717, 1.165) is 11.5 Å². The van der Waals surface area contributed by atoms with Gasteiger partial charge in [0, 0.05) is 12.1 Å². The third kappa shape index (κ3) is 6.81. The minimum absolute atomic E-state index is 0.169. The Morgan fingerprint density at radius 1 is 0.652 bits per heavy atom. The van der Waals surface area contributed by atoms with Crippen LogP contribution in [0.1, 0.15) is 41.5 Å². The molecular formula is C20H26IO2+. The largest absolute Gasteiger partial charge is 0.488 e. The second-order valence-electron chi connectivity index (χ2n) is 7.44. The molecule has 0 atom stereocenters.